The highest BCUT2D eigenvalue weighted by Crippen LogP contribution is 2.26. The maximum absolute atomic E-state index is 12.2. The predicted molar refractivity (Wildman–Crippen MR) is 82.2 cm³/mol. The molecule has 7 heteroatoms. The van der Waals surface area contributed by atoms with Crippen molar-refractivity contribution in [3.05, 3.63) is 67.7 Å². The molecule has 1 amide bonds. The minimum absolute atomic E-state index is 0.0659. The first-order chi connectivity index (χ1) is 9.90. The molecule has 0 spiro atoms. The van der Waals surface area contributed by atoms with Crippen molar-refractivity contribution in [2.75, 3.05) is 5.32 Å². The number of nitrogens with one attached hydrogen (secondary N) is 1. The fraction of sp³-hybridized carbons (Fsp3) is 0.0714. The summed E-state index contributed by atoms with van der Waals surface area (Å²) in [6.07, 6.45) is 0. The Kier molecular flexibility index (Phi) is 4.45. The van der Waals surface area contributed by atoms with E-state index in [-0.39, 0.29) is 16.3 Å². The van der Waals surface area contributed by atoms with Gasteiger partial charge < -0.3 is 5.32 Å². The Bertz CT molecular complexity index is 732. The number of carbonyl (C=O) groups is 1. The van der Waals surface area contributed by atoms with Crippen molar-refractivity contribution in [2.24, 2.45) is 0 Å². The molecule has 0 aliphatic carbocycles. The molecule has 0 fully saturated rings. The van der Waals surface area contributed by atoms with E-state index in [9.17, 15) is 14.9 Å². The largest absolute Gasteiger partial charge is 0.321 e. The molecule has 0 atom stereocenters. The molecule has 0 saturated carbocycles. The van der Waals surface area contributed by atoms with Gasteiger partial charge in [0.05, 0.1) is 4.92 Å². The van der Waals surface area contributed by atoms with E-state index in [0.717, 1.165) is 6.07 Å². The molecule has 2 aromatic rings. The smallest absolute Gasteiger partial charge is 0.283 e. The van der Waals surface area contributed by atoms with Gasteiger partial charge in [0.25, 0.3) is 11.6 Å². The number of anilines is 1. The highest BCUT2D eigenvalue weighted by atomic mass is 35.5. The summed E-state index contributed by atoms with van der Waals surface area (Å²) in [6.45, 7) is 1.74. The Morgan fingerprint density at radius 3 is 2.62 bits per heavy atom. The SMILES string of the molecule is Cc1c(Cl)cccc1NC(=O)c1ccc(Cl)cc1[N+](=O)[O-]. The quantitative estimate of drug-likeness (QED) is 0.669. The lowest BCUT2D eigenvalue weighted by Crippen LogP contribution is -2.14. The van der Waals surface area contributed by atoms with Crippen LogP contribution in [0.15, 0.2) is 36.4 Å². The van der Waals surface area contributed by atoms with E-state index < -0.39 is 10.8 Å². The molecule has 0 unspecified atom stereocenters. The van der Waals surface area contributed by atoms with Crippen molar-refractivity contribution in [2.45, 2.75) is 6.92 Å². The monoisotopic (exact) mass is 324 g/mol. The van der Waals surface area contributed by atoms with Crippen molar-refractivity contribution in [3.8, 4) is 0 Å². The number of amides is 1. The van der Waals surface area contributed by atoms with E-state index in [1.165, 1.54) is 12.1 Å². The summed E-state index contributed by atoms with van der Waals surface area (Å²) in [6, 6.07) is 8.92. The van der Waals surface area contributed by atoms with Gasteiger partial charge in [0.2, 0.25) is 0 Å². The van der Waals surface area contributed by atoms with Gasteiger partial charge in [-0.05, 0) is 36.8 Å². The molecule has 21 heavy (non-hydrogen) atoms. The topological polar surface area (TPSA) is 72.2 Å². The van der Waals surface area contributed by atoms with Crippen LogP contribution in [0, 0.1) is 17.0 Å². The third-order valence-corrected chi connectivity index (χ3v) is 3.56. The molecule has 0 saturated heterocycles. The lowest BCUT2D eigenvalue weighted by Gasteiger charge is -2.09. The maximum Gasteiger partial charge on any atom is 0.283 e. The zero-order valence-corrected chi connectivity index (χ0v) is 12.4. The van der Waals surface area contributed by atoms with Crippen LogP contribution in [0.1, 0.15) is 15.9 Å². The normalized spacial score (nSPS) is 10.2. The highest BCUT2D eigenvalue weighted by Gasteiger charge is 2.21. The van der Waals surface area contributed by atoms with Gasteiger partial charge in [-0.1, -0.05) is 29.3 Å². The van der Waals surface area contributed by atoms with E-state index in [1.807, 2.05) is 0 Å². The molecule has 5 nitrogen and oxygen atoms in total. The third-order valence-electron chi connectivity index (χ3n) is 2.92. The zero-order chi connectivity index (χ0) is 15.6. The Morgan fingerprint density at radius 1 is 1.24 bits per heavy atom. The summed E-state index contributed by atoms with van der Waals surface area (Å²) in [4.78, 5) is 22.6. The Labute approximate surface area is 130 Å². The summed E-state index contributed by atoms with van der Waals surface area (Å²) < 4.78 is 0. The molecule has 0 heterocycles. The third kappa shape index (κ3) is 3.32. The number of nitro groups is 1. The van der Waals surface area contributed by atoms with Gasteiger partial charge in [-0.3, -0.25) is 14.9 Å². The number of hydrogen-bond acceptors (Lipinski definition) is 3. The minimum atomic E-state index is -0.647. The van der Waals surface area contributed by atoms with Crippen LogP contribution < -0.4 is 5.32 Å². The molecule has 0 aliphatic heterocycles. The second-order valence-corrected chi connectivity index (χ2v) is 5.13. The molecular weight excluding hydrogens is 315 g/mol. The first-order valence-corrected chi connectivity index (χ1v) is 6.66. The molecular formula is C14H10Cl2N2O3. The van der Waals surface area contributed by atoms with Crippen LogP contribution in [0.2, 0.25) is 10.0 Å². The highest BCUT2D eigenvalue weighted by molar-refractivity contribution is 6.32. The Hall–Kier alpha value is -2.11. The van der Waals surface area contributed by atoms with E-state index in [1.54, 1.807) is 25.1 Å². The van der Waals surface area contributed by atoms with Crippen molar-refractivity contribution in [1.29, 1.82) is 0 Å². The average molecular weight is 325 g/mol. The van der Waals surface area contributed by atoms with Crippen LogP contribution in [0.4, 0.5) is 11.4 Å². The molecule has 0 bridgehead atoms. The molecule has 0 aromatic heterocycles. The Morgan fingerprint density at radius 2 is 1.95 bits per heavy atom. The number of benzene rings is 2. The van der Waals surface area contributed by atoms with E-state index >= 15 is 0 Å². The predicted octanol–water partition coefficient (Wildman–Crippen LogP) is 4.46. The van der Waals surface area contributed by atoms with Gasteiger partial charge in [-0.25, -0.2) is 0 Å². The fourth-order valence-electron chi connectivity index (χ4n) is 1.78. The van der Waals surface area contributed by atoms with E-state index in [0.29, 0.717) is 16.3 Å². The molecule has 1 N–H and O–H groups in total. The molecule has 2 rings (SSSR count). The van der Waals surface area contributed by atoms with Crippen LogP contribution in [-0.4, -0.2) is 10.8 Å². The van der Waals surface area contributed by atoms with Crippen molar-refractivity contribution < 1.29 is 9.72 Å². The van der Waals surface area contributed by atoms with Crippen LogP contribution >= 0.6 is 23.2 Å². The van der Waals surface area contributed by atoms with Gasteiger partial charge in [-0.15, -0.1) is 0 Å². The van der Waals surface area contributed by atoms with Crippen molar-refractivity contribution in [1.82, 2.24) is 0 Å². The molecule has 0 aliphatic rings. The maximum atomic E-state index is 12.2. The summed E-state index contributed by atoms with van der Waals surface area (Å²) in [5, 5.41) is 14.3. The average Bonchev–Trinajstić information content (AvgIpc) is 2.43. The summed E-state index contributed by atoms with van der Waals surface area (Å²) in [5.74, 6) is -0.594. The van der Waals surface area contributed by atoms with Crippen molar-refractivity contribution >= 4 is 40.5 Å². The number of hydrogen-bond donors (Lipinski definition) is 1. The van der Waals surface area contributed by atoms with Crippen LogP contribution in [-0.2, 0) is 0 Å². The van der Waals surface area contributed by atoms with Gasteiger partial charge in [-0.2, -0.15) is 0 Å². The molecule has 2 aromatic carbocycles. The van der Waals surface area contributed by atoms with Crippen LogP contribution in [0.3, 0.4) is 0 Å². The molecule has 0 radical (unpaired) electrons. The number of nitrogens with zero attached hydrogens (tertiary/aromatic N) is 1. The number of nitro benzene ring substituents is 1. The lowest BCUT2D eigenvalue weighted by molar-refractivity contribution is -0.385. The van der Waals surface area contributed by atoms with Crippen LogP contribution in [0.25, 0.3) is 0 Å². The van der Waals surface area contributed by atoms with Crippen LogP contribution in [0.5, 0.6) is 0 Å². The van der Waals surface area contributed by atoms with Crippen molar-refractivity contribution in [3.63, 3.8) is 0 Å². The summed E-state index contributed by atoms with van der Waals surface area (Å²) in [5.41, 5.74) is 0.768. The zero-order valence-electron chi connectivity index (χ0n) is 10.9. The van der Waals surface area contributed by atoms with Gasteiger partial charge >= 0.3 is 0 Å². The minimum Gasteiger partial charge on any atom is -0.321 e. The van der Waals surface area contributed by atoms with Gasteiger partial charge in [0, 0.05) is 21.8 Å². The Balaban J connectivity index is 2.37. The first kappa shape index (κ1) is 15.3. The number of carbonyl (C=O) groups excluding carboxylic acids is 1. The van der Waals surface area contributed by atoms with Gasteiger partial charge in [0.1, 0.15) is 5.56 Å². The first-order valence-electron chi connectivity index (χ1n) is 5.90. The van der Waals surface area contributed by atoms with E-state index in [4.69, 9.17) is 23.2 Å². The fourth-order valence-corrected chi connectivity index (χ4v) is 2.12. The summed E-state index contributed by atoms with van der Waals surface area (Å²) >= 11 is 11.7. The van der Waals surface area contributed by atoms with Gasteiger partial charge in [0.15, 0.2) is 0 Å². The number of rotatable bonds is 3. The van der Waals surface area contributed by atoms with E-state index in [2.05, 4.69) is 5.32 Å². The standard InChI is InChI=1S/C14H10Cl2N2O3/c1-8-11(16)3-2-4-12(8)17-14(19)10-6-5-9(15)7-13(10)18(20)21/h2-7H,1H3,(H,17,19). The summed E-state index contributed by atoms with van der Waals surface area (Å²) in [7, 11) is 0. The second kappa shape index (κ2) is 6.11. The molecule has 108 valence electrons. The second-order valence-electron chi connectivity index (χ2n) is 4.29. The lowest BCUT2D eigenvalue weighted by atomic mass is 10.1. The number of halogens is 2.